The second kappa shape index (κ2) is 6.30. The molecule has 2 aromatic rings. The molecule has 2 N–H and O–H groups in total. The molecule has 0 radical (unpaired) electrons. The van der Waals surface area contributed by atoms with Crippen LogP contribution in [0.15, 0.2) is 54.6 Å². The molecule has 1 atom stereocenters. The predicted molar refractivity (Wildman–Crippen MR) is 78.1 cm³/mol. The van der Waals surface area contributed by atoms with Crippen LogP contribution in [0.25, 0.3) is 0 Å². The van der Waals surface area contributed by atoms with E-state index < -0.39 is 0 Å². The van der Waals surface area contributed by atoms with Gasteiger partial charge in [0.15, 0.2) is 0 Å². The topological polar surface area (TPSA) is 43.1 Å². The van der Waals surface area contributed by atoms with E-state index in [0.717, 1.165) is 16.7 Å². The number of carbonyl (C=O) groups is 1. The average Bonchev–Trinajstić information content (AvgIpc) is 2.43. The molecule has 1 unspecified atom stereocenters. The molecule has 0 aliphatic heterocycles. The normalized spacial score (nSPS) is 12.1. The van der Waals surface area contributed by atoms with E-state index in [1.807, 2.05) is 61.5 Å². The summed E-state index contributed by atoms with van der Waals surface area (Å²) in [7, 11) is 0. The Hall–Kier alpha value is -1.93. The Morgan fingerprint density at radius 3 is 2.32 bits per heavy atom. The number of hydrogen-bond acceptors (Lipinski definition) is 2. The number of rotatable bonds is 5. The molecule has 0 amide bonds. The van der Waals surface area contributed by atoms with Gasteiger partial charge in [-0.2, -0.15) is 0 Å². The van der Waals surface area contributed by atoms with Crippen LogP contribution in [0.5, 0.6) is 0 Å². The highest BCUT2D eigenvalue weighted by Crippen LogP contribution is 2.19. The first-order chi connectivity index (χ1) is 9.22. The summed E-state index contributed by atoms with van der Waals surface area (Å²) in [6.07, 6.45) is 0.448. The van der Waals surface area contributed by atoms with Crippen LogP contribution in [0, 0.1) is 6.92 Å². The Labute approximate surface area is 114 Å². The second-order valence-electron chi connectivity index (χ2n) is 4.77. The first-order valence-electron chi connectivity index (χ1n) is 6.54. The molecule has 0 spiro atoms. The minimum absolute atomic E-state index is 0.183. The zero-order valence-electron chi connectivity index (χ0n) is 11.2. The van der Waals surface area contributed by atoms with E-state index in [1.54, 1.807) is 0 Å². The summed E-state index contributed by atoms with van der Waals surface area (Å²) in [5, 5.41) is 0. The van der Waals surface area contributed by atoms with Crippen molar-refractivity contribution in [3.63, 3.8) is 0 Å². The molecule has 0 bridgehead atoms. The van der Waals surface area contributed by atoms with Crippen LogP contribution in [0.3, 0.4) is 0 Å². The van der Waals surface area contributed by atoms with Crippen molar-refractivity contribution in [3.05, 3.63) is 71.3 Å². The van der Waals surface area contributed by atoms with Gasteiger partial charge in [-0.25, -0.2) is 0 Å². The first kappa shape index (κ1) is 13.5. The Bertz CT molecular complexity index is 548. The molecule has 0 heterocycles. The lowest BCUT2D eigenvalue weighted by Gasteiger charge is -2.14. The Kier molecular flexibility index (Phi) is 4.48. The van der Waals surface area contributed by atoms with E-state index in [1.165, 1.54) is 0 Å². The maximum absolute atomic E-state index is 12.4. The summed E-state index contributed by atoms with van der Waals surface area (Å²) < 4.78 is 0. The fourth-order valence-corrected chi connectivity index (χ4v) is 2.26. The third-order valence-corrected chi connectivity index (χ3v) is 3.45. The van der Waals surface area contributed by atoms with Gasteiger partial charge in [-0.15, -0.1) is 0 Å². The maximum atomic E-state index is 12.4. The van der Waals surface area contributed by atoms with Crippen molar-refractivity contribution in [2.45, 2.75) is 19.3 Å². The van der Waals surface area contributed by atoms with Gasteiger partial charge in [-0.05, 0) is 23.6 Å². The van der Waals surface area contributed by atoms with Crippen molar-refractivity contribution in [1.82, 2.24) is 0 Å². The van der Waals surface area contributed by atoms with Gasteiger partial charge >= 0.3 is 0 Å². The Morgan fingerprint density at radius 1 is 1.05 bits per heavy atom. The highest BCUT2D eigenvalue weighted by molar-refractivity contribution is 5.88. The molecule has 2 heteroatoms. The van der Waals surface area contributed by atoms with Crippen LogP contribution in [0.2, 0.25) is 0 Å². The standard InChI is InChI=1S/C17H19NO/c1-13-7-5-6-10-15(13)11-17(19)16(12-18)14-8-3-2-4-9-14/h2-10,16H,11-12,18H2,1H3. The number of aryl methyl sites for hydroxylation is 1. The van der Waals surface area contributed by atoms with Crippen LogP contribution in [0.4, 0.5) is 0 Å². The lowest BCUT2D eigenvalue weighted by atomic mass is 9.90. The van der Waals surface area contributed by atoms with Crippen molar-refractivity contribution in [3.8, 4) is 0 Å². The fraction of sp³-hybridized carbons (Fsp3) is 0.235. The molecule has 19 heavy (non-hydrogen) atoms. The van der Waals surface area contributed by atoms with Gasteiger partial charge in [0, 0.05) is 13.0 Å². The minimum atomic E-state index is -0.208. The van der Waals surface area contributed by atoms with Crippen LogP contribution in [0.1, 0.15) is 22.6 Å². The monoisotopic (exact) mass is 253 g/mol. The zero-order valence-corrected chi connectivity index (χ0v) is 11.2. The van der Waals surface area contributed by atoms with E-state index in [2.05, 4.69) is 0 Å². The molecule has 0 aliphatic carbocycles. The average molecular weight is 253 g/mol. The molecular weight excluding hydrogens is 234 g/mol. The summed E-state index contributed by atoms with van der Waals surface area (Å²) in [6, 6.07) is 17.8. The third-order valence-electron chi connectivity index (χ3n) is 3.45. The Morgan fingerprint density at radius 2 is 1.68 bits per heavy atom. The number of nitrogens with two attached hydrogens (primary N) is 1. The molecule has 0 saturated heterocycles. The molecule has 2 nitrogen and oxygen atoms in total. The minimum Gasteiger partial charge on any atom is -0.329 e. The van der Waals surface area contributed by atoms with E-state index in [4.69, 9.17) is 5.73 Å². The van der Waals surface area contributed by atoms with Crippen LogP contribution in [-0.4, -0.2) is 12.3 Å². The summed E-state index contributed by atoms with van der Waals surface area (Å²) in [5.74, 6) is -0.0243. The molecular formula is C17H19NO. The van der Waals surface area contributed by atoms with E-state index in [9.17, 15) is 4.79 Å². The largest absolute Gasteiger partial charge is 0.329 e. The third kappa shape index (κ3) is 3.30. The lowest BCUT2D eigenvalue weighted by molar-refractivity contribution is -0.119. The van der Waals surface area contributed by atoms with Crippen molar-refractivity contribution in [2.24, 2.45) is 5.73 Å². The first-order valence-corrected chi connectivity index (χ1v) is 6.54. The van der Waals surface area contributed by atoms with Gasteiger partial charge in [-0.1, -0.05) is 54.6 Å². The summed E-state index contributed by atoms with van der Waals surface area (Å²) in [6.45, 7) is 2.39. The molecule has 0 saturated carbocycles. The molecule has 2 rings (SSSR count). The van der Waals surface area contributed by atoms with Gasteiger partial charge in [0.1, 0.15) is 5.78 Å². The molecule has 98 valence electrons. The lowest BCUT2D eigenvalue weighted by Crippen LogP contribution is -2.23. The van der Waals surface area contributed by atoms with Crippen LogP contribution in [-0.2, 0) is 11.2 Å². The van der Waals surface area contributed by atoms with Gasteiger partial charge in [0.2, 0.25) is 0 Å². The number of Topliss-reactive ketones (excluding diaryl/α,β-unsaturated/α-hetero) is 1. The van der Waals surface area contributed by atoms with Crippen LogP contribution < -0.4 is 5.73 Å². The SMILES string of the molecule is Cc1ccccc1CC(=O)C(CN)c1ccccc1. The van der Waals surface area contributed by atoms with E-state index >= 15 is 0 Å². The molecule has 2 aromatic carbocycles. The number of hydrogen-bond donors (Lipinski definition) is 1. The highest BCUT2D eigenvalue weighted by Gasteiger charge is 2.19. The van der Waals surface area contributed by atoms with Gasteiger partial charge in [0.25, 0.3) is 0 Å². The van der Waals surface area contributed by atoms with Crippen molar-refractivity contribution >= 4 is 5.78 Å². The Balaban J connectivity index is 2.17. The van der Waals surface area contributed by atoms with E-state index in [0.29, 0.717) is 13.0 Å². The predicted octanol–water partition coefficient (Wildman–Crippen LogP) is 2.85. The molecule has 0 aliphatic rings. The maximum Gasteiger partial charge on any atom is 0.145 e. The van der Waals surface area contributed by atoms with Crippen molar-refractivity contribution < 1.29 is 4.79 Å². The molecule has 0 fully saturated rings. The van der Waals surface area contributed by atoms with Crippen molar-refractivity contribution in [1.29, 1.82) is 0 Å². The quantitative estimate of drug-likeness (QED) is 0.890. The fourth-order valence-electron chi connectivity index (χ4n) is 2.26. The van der Waals surface area contributed by atoms with Gasteiger partial charge in [0.05, 0.1) is 5.92 Å². The summed E-state index contributed by atoms with van der Waals surface area (Å²) in [5.41, 5.74) is 9.02. The number of ketones is 1. The second-order valence-corrected chi connectivity index (χ2v) is 4.77. The van der Waals surface area contributed by atoms with Crippen molar-refractivity contribution in [2.75, 3.05) is 6.54 Å². The smallest absolute Gasteiger partial charge is 0.145 e. The zero-order chi connectivity index (χ0) is 13.7. The number of carbonyl (C=O) groups excluding carboxylic acids is 1. The van der Waals surface area contributed by atoms with Crippen LogP contribution >= 0.6 is 0 Å². The summed E-state index contributed by atoms with van der Waals surface area (Å²) in [4.78, 5) is 12.4. The van der Waals surface area contributed by atoms with Gasteiger partial charge < -0.3 is 5.73 Å². The number of benzene rings is 2. The van der Waals surface area contributed by atoms with Gasteiger partial charge in [-0.3, -0.25) is 4.79 Å². The summed E-state index contributed by atoms with van der Waals surface area (Å²) >= 11 is 0. The highest BCUT2D eigenvalue weighted by atomic mass is 16.1. The van der Waals surface area contributed by atoms with E-state index in [-0.39, 0.29) is 11.7 Å². The molecule has 0 aromatic heterocycles.